The molecule has 4 rings (SSSR count). The summed E-state index contributed by atoms with van der Waals surface area (Å²) in [6, 6.07) is 24.9. The van der Waals surface area contributed by atoms with Crippen molar-refractivity contribution in [3.8, 4) is 11.8 Å². The summed E-state index contributed by atoms with van der Waals surface area (Å²) in [7, 11) is 0. The first-order valence-electron chi connectivity index (χ1n) is 8.78. The minimum absolute atomic E-state index is 0.102. The van der Waals surface area contributed by atoms with Gasteiger partial charge in [0, 0.05) is 17.6 Å². The Bertz CT molecular complexity index is 1090. The van der Waals surface area contributed by atoms with Crippen LogP contribution in [0.4, 0.5) is 0 Å². The second-order valence-electron chi connectivity index (χ2n) is 6.51. The van der Waals surface area contributed by atoms with Crippen molar-refractivity contribution in [2.24, 2.45) is 0 Å². The number of nitrogens with zero attached hydrogens (tertiary/aromatic N) is 1. The second kappa shape index (κ2) is 7.31. The zero-order valence-electron chi connectivity index (χ0n) is 14.7. The Balaban J connectivity index is 1.50. The lowest BCUT2D eigenvalue weighted by molar-refractivity contribution is 0.104. The third-order valence-electron chi connectivity index (χ3n) is 4.60. The smallest absolute Gasteiger partial charge is 0.189 e. The minimum Gasteiger partial charge on any atom is -0.489 e. The Kier molecular flexibility index (Phi) is 4.55. The highest BCUT2D eigenvalue weighted by molar-refractivity contribution is 6.15. The fraction of sp³-hybridized carbons (Fsp3) is 0.0833. The summed E-state index contributed by atoms with van der Waals surface area (Å²) < 4.78 is 5.86. The fourth-order valence-electron chi connectivity index (χ4n) is 3.26. The molecule has 27 heavy (non-hydrogen) atoms. The van der Waals surface area contributed by atoms with Crippen LogP contribution in [0.5, 0.6) is 5.75 Å². The van der Waals surface area contributed by atoms with Gasteiger partial charge in [-0.3, -0.25) is 4.79 Å². The van der Waals surface area contributed by atoms with E-state index in [0.29, 0.717) is 18.6 Å². The minimum atomic E-state index is 0.102. The highest BCUT2D eigenvalue weighted by Gasteiger charge is 2.23. The van der Waals surface area contributed by atoms with E-state index in [4.69, 9.17) is 10.00 Å². The van der Waals surface area contributed by atoms with Crippen molar-refractivity contribution in [3.05, 3.63) is 106 Å². The van der Waals surface area contributed by atoms with Crippen LogP contribution in [0.25, 0.3) is 6.08 Å². The number of rotatable bonds is 4. The number of carbonyl (C=O) groups excluding carboxylic acids is 1. The number of allylic oxidation sites excluding steroid dienone is 1. The third kappa shape index (κ3) is 3.65. The van der Waals surface area contributed by atoms with Crippen molar-refractivity contribution in [3.63, 3.8) is 0 Å². The van der Waals surface area contributed by atoms with Crippen molar-refractivity contribution in [1.29, 1.82) is 5.26 Å². The van der Waals surface area contributed by atoms with E-state index < -0.39 is 0 Å². The number of hydrogen-bond donors (Lipinski definition) is 0. The van der Waals surface area contributed by atoms with Crippen LogP contribution in [-0.4, -0.2) is 5.78 Å². The van der Waals surface area contributed by atoms with Crippen LogP contribution in [0.15, 0.2) is 78.4 Å². The number of ketones is 1. The van der Waals surface area contributed by atoms with Crippen LogP contribution >= 0.6 is 0 Å². The Morgan fingerprint density at radius 1 is 1.00 bits per heavy atom. The Morgan fingerprint density at radius 3 is 2.70 bits per heavy atom. The molecule has 0 amide bonds. The molecule has 0 N–H and O–H groups in total. The molecule has 130 valence electrons. The van der Waals surface area contributed by atoms with E-state index in [1.54, 1.807) is 6.07 Å². The lowest BCUT2D eigenvalue weighted by atomic mass is 10.1. The fourth-order valence-corrected chi connectivity index (χ4v) is 3.26. The number of fused-ring (bicyclic) bond motifs is 1. The van der Waals surface area contributed by atoms with E-state index >= 15 is 0 Å². The lowest BCUT2D eigenvalue weighted by Gasteiger charge is -2.07. The van der Waals surface area contributed by atoms with Crippen LogP contribution in [0.1, 0.15) is 32.6 Å². The van der Waals surface area contributed by atoms with Gasteiger partial charge in [-0.05, 0) is 47.0 Å². The number of Topliss-reactive ketones (excluding diaryl/α,β-unsaturated/α-hetero) is 1. The molecule has 0 radical (unpaired) electrons. The maximum atomic E-state index is 12.5. The molecule has 3 heteroatoms. The number of benzene rings is 3. The van der Waals surface area contributed by atoms with Crippen molar-refractivity contribution in [1.82, 2.24) is 0 Å². The van der Waals surface area contributed by atoms with Crippen molar-refractivity contribution < 1.29 is 9.53 Å². The molecule has 0 atom stereocenters. The molecule has 0 aromatic heterocycles. The summed E-state index contributed by atoms with van der Waals surface area (Å²) in [5, 5.41) is 8.98. The van der Waals surface area contributed by atoms with Crippen LogP contribution in [0, 0.1) is 11.3 Å². The van der Waals surface area contributed by atoms with E-state index in [1.165, 1.54) is 0 Å². The summed E-state index contributed by atoms with van der Waals surface area (Å²) in [5.74, 6) is 0.833. The van der Waals surface area contributed by atoms with Gasteiger partial charge in [-0.15, -0.1) is 0 Å². The van der Waals surface area contributed by atoms with Crippen molar-refractivity contribution >= 4 is 11.9 Å². The summed E-state index contributed by atoms with van der Waals surface area (Å²) in [6.45, 7) is 0.389. The van der Waals surface area contributed by atoms with Crippen LogP contribution in [0.3, 0.4) is 0 Å². The monoisotopic (exact) mass is 351 g/mol. The summed E-state index contributed by atoms with van der Waals surface area (Å²) in [6.07, 6.45) is 2.60. The summed E-state index contributed by atoms with van der Waals surface area (Å²) in [5.41, 5.74) is 5.18. The maximum Gasteiger partial charge on any atom is 0.189 e. The molecule has 1 aliphatic rings. The van der Waals surface area contributed by atoms with E-state index in [0.717, 1.165) is 33.6 Å². The predicted molar refractivity (Wildman–Crippen MR) is 104 cm³/mol. The first-order chi connectivity index (χ1) is 13.2. The zero-order chi connectivity index (χ0) is 18.6. The molecule has 3 aromatic carbocycles. The van der Waals surface area contributed by atoms with Gasteiger partial charge in [0.1, 0.15) is 12.4 Å². The number of hydrogen-bond acceptors (Lipinski definition) is 3. The molecule has 0 spiro atoms. The molecular weight excluding hydrogens is 334 g/mol. The molecule has 0 heterocycles. The third-order valence-corrected chi connectivity index (χ3v) is 4.60. The Hall–Kier alpha value is -3.64. The van der Waals surface area contributed by atoms with Gasteiger partial charge in [-0.25, -0.2) is 0 Å². The Labute approximate surface area is 158 Å². The van der Waals surface area contributed by atoms with Gasteiger partial charge >= 0.3 is 0 Å². The molecule has 3 nitrogen and oxygen atoms in total. The zero-order valence-corrected chi connectivity index (χ0v) is 14.7. The average Bonchev–Trinajstić information content (AvgIpc) is 3.02. The van der Waals surface area contributed by atoms with Crippen LogP contribution < -0.4 is 4.74 Å². The molecule has 0 bridgehead atoms. The molecule has 0 unspecified atom stereocenters. The largest absolute Gasteiger partial charge is 0.489 e. The van der Waals surface area contributed by atoms with E-state index in [-0.39, 0.29) is 5.78 Å². The summed E-state index contributed by atoms with van der Waals surface area (Å²) in [4.78, 5) is 12.5. The van der Waals surface area contributed by atoms with Crippen LogP contribution in [-0.2, 0) is 13.0 Å². The highest BCUT2D eigenvalue weighted by atomic mass is 16.5. The van der Waals surface area contributed by atoms with Crippen molar-refractivity contribution in [2.75, 3.05) is 0 Å². The maximum absolute atomic E-state index is 12.5. The quantitative estimate of drug-likeness (QED) is 0.624. The molecule has 0 saturated heterocycles. The van der Waals surface area contributed by atoms with Crippen LogP contribution in [0.2, 0.25) is 0 Å². The standard InChI is InChI=1S/C24H17NO2/c25-15-18-6-3-7-19(11-18)16-27-22-9-4-5-17(13-22)12-21-14-20-8-1-2-10-23(20)24(21)26/h1-13H,14,16H2/b21-12+. The predicted octanol–water partition coefficient (Wildman–Crippen LogP) is 4.96. The van der Waals surface area contributed by atoms with Gasteiger partial charge < -0.3 is 4.74 Å². The van der Waals surface area contributed by atoms with Gasteiger partial charge in [0.15, 0.2) is 5.78 Å². The first-order valence-corrected chi connectivity index (χ1v) is 8.78. The molecule has 0 fully saturated rings. The van der Waals surface area contributed by atoms with E-state index in [9.17, 15) is 4.79 Å². The molecule has 0 saturated carbocycles. The van der Waals surface area contributed by atoms with Gasteiger partial charge in [-0.2, -0.15) is 5.26 Å². The molecule has 3 aromatic rings. The van der Waals surface area contributed by atoms with Gasteiger partial charge in [0.25, 0.3) is 0 Å². The summed E-state index contributed by atoms with van der Waals surface area (Å²) >= 11 is 0. The number of nitriles is 1. The average molecular weight is 351 g/mol. The number of carbonyl (C=O) groups is 1. The highest BCUT2D eigenvalue weighted by Crippen LogP contribution is 2.28. The van der Waals surface area contributed by atoms with Gasteiger partial charge in [0.05, 0.1) is 11.6 Å². The molecule has 0 aliphatic heterocycles. The Morgan fingerprint density at radius 2 is 1.85 bits per heavy atom. The lowest BCUT2D eigenvalue weighted by Crippen LogP contribution is -1.97. The molecule has 1 aliphatic carbocycles. The van der Waals surface area contributed by atoms with E-state index in [2.05, 4.69) is 6.07 Å². The normalized spacial score (nSPS) is 14.0. The first kappa shape index (κ1) is 16.8. The van der Waals surface area contributed by atoms with E-state index in [1.807, 2.05) is 72.8 Å². The van der Waals surface area contributed by atoms with Crippen molar-refractivity contribution in [2.45, 2.75) is 13.0 Å². The second-order valence-corrected chi connectivity index (χ2v) is 6.51. The SMILES string of the molecule is N#Cc1cccc(COc2cccc(/C=C3\Cc4ccccc4C3=O)c2)c1. The van der Waals surface area contributed by atoms with Gasteiger partial charge in [0.2, 0.25) is 0 Å². The number of ether oxygens (including phenoxy) is 1. The topological polar surface area (TPSA) is 50.1 Å². The molecular formula is C24H17NO2. The van der Waals surface area contributed by atoms with Gasteiger partial charge in [-0.1, -0.05) is 48.5 Å².